The molecule has 0 heterocycles. The van der Waals surface area contributed by atoms with Gasteiger partial charge in [0.25, 0.3) is 0 Å². The van der Waals surface area contributed by atoms with Gasteiger partial charge >= 0.3 is 69.2 Å². The molecule has 0 radical (unpaired) electrons. The van der Waals surface area contributed by atoms with E-state index in [1.165, 1.54) is 0 Å². The minimum absolute atomic E-state index is 0. The predicted octanol–water partition coefficient (Wildman–Crippen LogP) is -12.7. The fraction of sp³-hybridized carbons (Fsp3) is 0. The molecule has 19 heavy (non-hydrogen) atoms. The topological polar surface area (TPSA) is 253 Å². The van der Waals surface area contributed by atoms with E-state index in [1.807, 2.05) is 0 Å². The molecule has 0 amide bonds. The monoisotopic (exact) mass is 376 g/mol. The van der Waals surface area contributed by atoms with Gasteiger partial charge in [0, 0.05) is 36.7 Å². The van der Waals surface area contributed by atoms with Crippen molar-refractivity contribution in [3.05, 3.63) is 0 Å². The van der Waals surface area contributed by atoms with E-state index in [4.69, 9.17) is 56.2 Å². The van der Waals surface area contributed by atoms with Gasteiger partial charge in [-0.25, -0.2) is 0 Å². The van der Waals surface area contributed by atoms with E-state index >= 15 is 0 Å². The van der Waals surface area contributed by atoms with Gasteiger partial charge in [-0.15, -0.1) is 0 Å². The molecule has 12 nitrogen and oxygen atoms in total. The summed E-state index contributed by atoms with van der Waals surface area (Å²) in [7, 11) is -14.5. The summed E-state index contributed by atoms with van der Waals surface area (Å²) in [6.07, 6.45) is 0. The summed E-state index contributed by atoms with van der Waals surface area (Å²) in [5.41, 5.74) is 0. The fourth-order valence-electron chi connectivity index (χ4n) is 0. The Morgan fingerprint density at radius 1 is 0.368 bits per heavy atom. The Morgan fingerprint density at radius 2 is 0.368 bits per heavy atom. The van der Waals surface area contributed by atoms with E-state index in [-0.39, 0.29) is 69.2 Å². The van der Waals surface area contributed by atoms with Crippen LogP contribution in [0.25, 0.3) is 0 Å². The third-order valence-corrected chi connectivity index (χ3v) is 0. The minimum Gasteiger partial charge on any atom is -0.672 e. The van der Waals surface area contributed by atoms with Crippen LogP contribution in [0, 0.1) is 0 Å². The smallest absolute Gasteiger partial charge is 0.672 e. The average molecular weight is 377 g/mol. The Balaban J connectivity index is -0.0000000192. The van der Waals surface area contributed by atoms with Gasteiger partial charge in [0.05, 0.1) is 0 Å². The Kier molecular flexibility index (Phi) is 81.7. The first-order valence-electron chi connectivity index (χ1n) is 2.45. The van der Waals surface area contributed by atoms with Crippen LogP contribution < -0.4 is 38.4 Å². The van der Waals surface area contributed by atoms with E-state index in [1.54, 1.807) is 0 Å². The summed E-state index contributed by atoms with van der Waals surface area (Å²) >= 11 is 0. The second kappa shape index (κ2) is 36.3. The van der Waals surface area contributed by atoms with Gasteiger partial charge in [0.1, 0.15) is 0 Å². The molecule has 0 bridgehead atoms. The predicted molar refractivity (Wildman–Crippen MR) is 43.0 cm³/mol. The summed E-state index contributed by atoms with van der Waals surface area (Å²) in [6, 6.07) is 0. The molecule has 0 fully saturated rings. The molecule has 0 saturated carbocycles. The van der Waals surface area contributed by atoms with Gasteiger partial charge < -0.3 is 56.2 Å². The average Bonchev–Trinajstić information content (AvgIpc) is 1.76. The van der Waals surface area contributed by atoms with E-state index in [0.29, 0.717) is 0 Å². The van der Waals surface area contributed by atoms with Gasteiger partial charge in [-0.3, -0.25) is 0 Å². The van der Waals surface area contributed by atoms with Crippen molar-refractivity contribution in [1.82, 2.24) is 0 Å². The van der Waals surface area contributed by atoms with E-state index in [0.717, 1.165) is 0 Å². The number of hydrogen-bond acceptors (Lipinski definition) is 12. The van der Waals surface area contributed by atoms with Gasteiger partial charge in [-0.05, 0) is 0 Å². The molecule has 19 heteroatoms. The molecule has 0 aromatic carbocycles. The molecule has 0 aliphatic rings. The van der Waals surface area contributed by atoms with Crippen LogP contribution in [0.5, 0.6) is 0 Å². The van der Waals surface area contributed by atoms with Crippen LogP contribution in [0.15, 0.2) is 0 Å². The molecular formula is Mg3O12Si4-2. The largest absolute Gasteiger partial charge is 2.00 e. The molecule has 0 aromatic heterocycles. The molecule has 0 rings (SSSR count). The van der Waals surface area contributed by atoms with Crippen LogP contribution in [0.2, 0.25) is 0 Å². The molecule has 0 aliphatic carbocycles. The quantitative estimate of drug-likeness (QED) is 0.356. The van der Waals surface area contributed by atoms with Crippen LogP contribution in [-0.4, -0.2) is 106 Å². The third kappa shape index (κ3) is 8990. The summed E-state index contributed by atoms with van der Waals surface area (Å²) in [5, 5.41) is 0. The van der Waals surface area contributed by atoms with Crippen molar-refractivity contribution in [1.29, 1.82) is 0 Å². The molecular weight excluding hydrogens is 377 g/mol. The van der Waals surface area contributed by atoms with Gasteiger partial charge in [-0.1, -0.05) is 0 Å². The minimum atomic E-state index is -3.63. The van der Waals surface area contributed by atoms with Gasteiger partial charge in [-0.2, -0.15) is 0 Å². The molecule has 0 spiro atoms. The van der Waals surface area contributed by atoms with E-state index < -0.39 is 36.7 Å². The second-order valence-electron chi connectivity index (χ2n) is 1.00. The Hall–Kier alpha value is 0.766. The van der Waals surface area contributed by atoms with Crippen LogP contribution in [0.1, 0.15) is 0 Å². The van der Waals surface area contributed by atoms with Gasteiger partial charge in [0.2, 0.25) is 0 Å². The van der Waals surface area contributed by atoms with Crippen LogP contribution in [-0.2, 0) is 17.8 Å². The van der Waals surface area contributed by atoms with Crippen LogP contribution >= 0.6 is 0 Å². The molecule has 0 aliphatic heterocycles. The van der Waals surface area contributed by atoms with Crippen LogP contribution in [0.4, 0.5) is 0 Å². The molecule has 0 unspecified atom stereocenters. The van der Waals surface area contributed by atoms with Crippen molar-refractivity contribution < 1.29 is 56.2 Å². The standard InChI is InChI=1S/3Mg.4O3Si/c;;;4*1-4(2)3/q3*+2;4*-2. The zero-order valence-corrected chi connectivity index (χ0v) is 17.3. The Labute approximate surface area is 160 Å². The first-order valence-corrected chi connectivity index (χ1v) is 7.35. The normalized spacial score (nSPS) is 5.05. The molecule has 0 saturated heterocycles. The van der Waals surface area contributed by atoms with Crippen molar-refractivity contribution in [3.8, 4) is 0 Å². The first-order chi connectivity index (χ1) is 6.93. The third-order valence-electron chi connectivity index (χ3n) is 0. The maximum absolute atomic E-state index is 8.52. The fourth-order valence-corrected chi connectivity index (χ4v) is 0. The maximum Gasteiger partial charge on any atom is 2.00 e. The molecule has 96 valence electrons. The second-order valence-corrected chi connectivity index (χ2v) is 3.00. The van der Waals surface area contributed by atoms with Gasteiger partial charge in [0.15, 0.2) is 0 Å². The van der Waals surface area contributed by atoms with Crippen molar-refractivity contribution in [2.75, 3.05) is 0 Å². The van der Waals surface area contributed by atoms with Crippen molar-refractivity contribution >= 4 is 106 Å². The molecule has 0 aromatic rings. The van der Waals surface area contributed by atoms with E-state index in [9.17, 15) is 0 Å². The molecule has 0 atom stereocenters. The van der Waals surface area contributed by atoms with Crippen molar-refractivity contribution in [2.45, 2.75) is 0 Å². The zero-order chi connectivity index (χ0) is 14.3. The summed E-state index contributed by atoms with van der Waals surface area (Å²) in [4.78, 5) is 68.1. The number of rotatable bonds is 0. The van der Waals surface area contributed by atoms with E-state index in [2.05, 4.69) is 0 Å². The maximum atomic E-state index is 8.52. The van der Waals surface area contributed by atoms with Crippen molar-refractivity contribution in [3.63, 3.8) is 0 Å². The zero-order valence-electron chi connectivity index (χ0n) is 9.02. The van der Waals surface area contributed by atoms with Crippen molar-refractivity contribution in [2.24, 2.45) is 0 Å². The summed E-state index contributed by atoms with van der Waals surface area (Å²) in [5.74, 6) is 0. The first kappa shape index (κ1) is 42.7. The Morgan fingerprint density at radius 3 is 0.368 bits per heavy atom. The SMILES string of the molecule is O=[Si]([O-])[O-].O=[Si]([O-])[O-].O=[Si]([O-])[O-].O=[Si]([O-])[O-].[Mg+2].[Mg+2].[Mg+2]. The molecule has 0 N–H and O–H groups in total. The summed E-state index contributed by atoms with van der Waals surface area (Å²) in [6.45, 7) is 0. The number of hydrogen-bond donors (Lipinski definition) is 0. The summed E-state index contributed by atoms with van der Waals surface area (Å²) < 4.78 is 34.1. The Bertz CT molecular complexity index is 165. The van der Waals surface area contributed by atoms with Crippen LogP contribution in [0.3, 0.4) is 0 Å².